The van der Waals surface area contributed by atoms with Crippen LogP contribution in [0.25, 0.3) is 11.3 Å². The molecule has 0 unspecified atom stereocenters. The van der Waals surface area contributed by atoms with Crippen LogP contribution in [0.3, 0.4) is 0 Å². The molecule has 0 fully saturated rings. The van der Waals surface area contributed by atoms with Crippen LogP contribution in [-0.2, 0) is 11.3 Å². The number of hydrogen-bond acceptors (Lipinski definition) is 5. The number of rotatable bonds is 4. The van der Waals surface area contributed by atoms with Crippen LogP contribution < -0.4 is 10.9 Å². The van der Waals surface area contributed by atoms with Gasteiger partial charge in [-0.15, -0.1) is 11.3 Å². The van der Waals surface area contributed by atoms with Crippen LogP contribution in [0.2, 0.25) is 0 Å². The monoisotopic (exact) mass is 401 g/mol. The number of thiazole rings is 1. The van der Waals surface area contributed by atoms with Gasteiger partial charge in [-0.3, -0.25) is 20.4 Å². The van der Waals surface area contributed by atoms with Gasteiger partial charge in [0.25, 0.3) is 11.8 Å². The number of benzene rings is 1. The Morgan fingerprint density at radius 3 is 2.48 bits per heavy atom. The maximum atomic E-state index is 12.3. The molecule has 8 heteroatoms. The summed E-state index contributed by atoms with van der Waals surface area (Å²) in [6.07, 6.45) is 0. The molecule has 0 radical (unpaired) electrons. The first kappa shape index (κ1) is 19.1. The second-order valence-corrected chi connectivity index (χ2v) is 7.67. The fourth-order valence-corrected chi connectivity index (χ4v) is 3.74. The van der Waals surface area contributed by atoms with E-state index in [2.05, 4.69) is 10.9 Å². The Balaban J connectivity index is 1.69. The van der Waals surface area contributed by atoms with Gasteiger partial charge in [0.2, 0.25) is 0 Å². The van der Waals surface area contributed by atoms with Crippen molar-refractivity contribution in [2.24, 2.45) is 0 Å². The zero-order chi connectivity index (χ0) is 19.6. The van der Waals surface area contributed by atoms with E-state index in [1.54, 1.807) is 24.5 Å². The summed E-state index contributed by atoms with van der Waals surface area (Å²) in [6.45, 7) is 5.48. The van der Waals surface area contributed by atoms with Crippen LogP contribution in [-0.4, -0.2) is 16.4 Å². The van der Waals surface area contributed by atoms with Gasteiger partial charge in [-0.2, -0.15) is 0 Å². The lowest BCUT2D eigenvalue weighted by molar-refractivity contribution is -0.122. The van der Waals surface area contributed by atoms with Gasteiger partial charge in [0.15, 0.2) is 3.95 Å². The highest BCUT2D eigenvalue weighted by Crippen LogP contribution is 2.24. The molecule has 0 aliphatic rings. The highest BCUT2D eigenvalue weighted by atomic mass is 32.1. The Labute approximate surface area is 165 Å². The molecule has 0 atom stereocenters. The number of furan rings is 1. The van der Waals surface area contributed by atoms with Crippen molar-refractivity contribution in [1.82, 2.24) is 15.4 Å². The predicted molar refractivity (Wildman–Crippen MR) is 107 cm³/mol. The SMILES string of the molecule is Cc1ccc(-c2csc(=S)n2CC(=O)NNC(=O)c2cc(C)oc2C)cc1. The summed E-state index contributed by atoms with van der Waals surface area (Å²) in [4.78, 5) is 24.5. The molecule has 27 heavy (non-hydrogen) atoms. The fraction of sp³-hybridized carbons (Fsp3) is 0.211. The van der Waals surface area contributed by atoms with Gasteiger partial charge < -0.3 is 8.98 Å². The third-order valence-electron chi connectivity index (χ3n) is 4.03. The van der Waals surface area contributed by atoms with Crippen molar-refractivity contribution >= 4 is 35.4 Å². The van der Waals surface area contributed by atoms with Gasteiger partial charge in [-0.05, 0) is 44.6 Å². The lowest BCUT2D eigenvalue weighted by Gasteiger charge is -2.10. The number of aromatic nitrogens is 1. The summed E-state index contributed by atoms with van der Waals surface area (Å²) in [5, 5.41) is 1.93. The molecule has 2 heterocycles. The molecule has 0 spiro atoms. The zero-order valence-electron chi connectivity index (χ0n) is 15.2. The van der Waals surface area contributed by atoms with E-state index in [-0.39, 0.29) is 12.5 Å². The molecule has 0 aliphatic carbocycles. The van der Waals surface area contributed by atoms with Gasteiger partial charge in [-0.25, -0.2) is 0 Å². The number of amides is 2. The molecule has 6 nitrogen and oxygen atoms in total. The second-order valence-electron chi connectivity index (χ2n) is 6.17. The van der Waals surface area contributed by atoms with Crippen LogP contribution in [0.1, 0.15) is 27.4 Å². The smallest absolute Gasteiger partial charge is 0.273 e. The van der Waals surface area contributed by atoms with Crippen molar-refractivity contribution < 1.29 is 14.0 Å². The van der Waals surface area contributed by atoms with E-state index in [1.807, 2.05) is 36.6 Å². The lowest BCUT2D eigenvalue weighted by Crippen LogP contribution is -2.43. The van der Waals surface area contributed by atoms with E-state index in [4.69, 9.17) is 16.6 Å². The maximum absolute atomic E-state index is 12.3. The summed E-state index contributed by atoms with van der Waals surface area (Å²) < 4.78 is 7.67. The predicted octanol–water partition coefficient (Wildman–Crippen LogP) is 3.93. The molecule has 2 N–H and O–H groups in total. The average molecular weight is 402 g/mol. The maximum Gasteiger partial charge on any atom is 0.273 e. The first-order valence-corrected chi connectivity index (χ1v) is 9.55. The molecular formula is C19H19N3O3S2. The highest BCUT2D eigenvalue weighted by molar-refractivity contribution is 7.73. The van der Waals surface area contributed by atoms with E-state index >= 15 is 0 Å². The molecule has 1 aromatic carbocycles. The van der Waals surface area contributed by atoms with E-state index in [0.717, 1.165) is 16.8 Å². The van der Waals surface area contributed by atoms with Crippen molar-refractivity contribution in [2.45, 2.75) is 27.3 Å². The summed E-state index contributed by atoms with van der Waals surface area (Å²) in [5.74, 6) is 0.340. The van der Waals surface area contributed by atoms with E-state index in [9.17, 15) is 9.59 Å². The van der Waals surface area contributed by atoms with Crippen molar-refractivity contribution in [3.63, 3.8) is 0 Å². The molecule has 140 valence electrons. The van der Waals surface area contributed by atoms with Crippen LogP contribution in [0.15, 0.2) is 40.1 Å². The van der Waals surface area contributed by atoms with Gasteiger partial charge >= 0.3 is 0 Å². The number of nitrogens with one attached hydrogen (secondary N) is 2. The van der Waals surface area contributed by atoms with Crippen molar-refractivity contribution in [3.8, 4) is 11.3 Å². The molecule has 2 aromatic heterocycles. The minimum absolute atomic E-state index is 0.00915. The van der Waals surface area contributed by atoms with Crippen molar-refractivity contribution in [3.05, 3.63) is 62.3 Å². The molecule has 0 aliphatic heterocycles. The zero-order valence-corrected chi connectivity index (χ0v) is 16.8. The highest BCUT2D eigenvalue weighted by Gasteiger charge is 2.15. The third-order valence-corrected chi connectivity index (χ3v) is 5.30. The van der Waals surface area contributed by atoms with Gasteiger partial charge in [-0.1, -0.05) is 29.8 Å². The number of hydrogen-bond donors (Lipinski definition) is 2. The second kappa shape index (κ2) is 7.89. The Bertz CT molecular complexity index is 1050. The minimum Gasteiger partial charge on any atom is -0.466 e. The third kappa shape index (κ3) is 4.35. The Morgan fingerprint density at radius 2 is 1.85 bits per heavy atom. The molecule has 0 saturated heterocycles. The minimum atomic E-state index is -0.426. The molecule has 0 bridgehead atoms. The van der Waals surface area contributed by atoms with E-state index < -0.39 is 5.91 Å². The van der Waals surface area contributed by atoms with E-state index in [0.29, 0.717) is 21.0 Å². The van der Waals surface area contributed by atoms with Crippen LogP contribution >= 0.6 is 23.6 Å². The fourth-order valence-electron chi connectivity index (χ4n) is 2.66. The standard InChI is InChI=1S/C19H19N3O3S2/c1-11-4-6-14(7-5-11)16-10-27-19(26)22(16)9-17(23)20-21-18(24)15-8-12(2)25-13(15)3/h4-8,10H,9H2,1-3H3,(H,20,23)(H,21,24). The van der Waals surface area contributed by atoms with Crippen molar-refractivity contribution in [2.75, 3.05) is 0 Å². The Kier molecular flexibility index (Phi) is 5.57. The lowest BCUT2D eigenvalue weighted by atomic mass is 10.1. The van der Waals surface area contributed by atoms with Crippen LogP contribution in [0, 0.1) is 24.7 Å². The van der Waals surface area contributed by atoms with Crippen LogP contribution in [0.5, 0.6) is 0 Å². The summed E-state index contributed by atoms with van der Waals surface area (Å²) >= 11 is 6.75. The Hall–Kier alpha value is -2.71. The van der Waals surface area contributed by atoms with Crippen LogP contribution in [0.4, 0.5) is 0 Å². The normalized spacial score (nSPS) is 10.6. The molecule has 2 amide bonds. The number of carbonyl (C=O) groups is 2. The molecular weight excluding hydrogens is 382 g/mol. The largest absolute Gasteiger partial charge is 0.466 e. The topological polar surface area (TPSA) is 76.3 Å². The molecule has 0 saturated carbocycles. The Morgan fingerprint density at radius 1 is 1.15 bits per heavy atom. The first-order chi connectivity index (χ1) is 12.8. The summed E-state index contributed by atoms with van der Waals surface area (Å²) in [7, 11) is 0. The summed E-state index contributed by atoms with van der Waals surface area (Å²) in [5.41, 5.74) is 8.23. The van der Waals surface area contributed by atoms with Crippen molar-refractivity contribution in [1.29, 1.82) is 0 Å². The molecule has 3 aromatic rings. The molecule has 3 rings (SSSR count). The quantitative estimate of drug-likeness (QED) is 0.513. The first-order valence-electron chi connectivity index (χ1n) is 8.26. The summed E-state index contributed by atoms with van der Waals surface area (Å²) in [6, 6.07) is 9.63. The average Bonchev–Trinajstić information content (AvgIpc) is 3.16. The number of carbonyl (C=O) groups excluding carboxylic acids is 2. The number of nitrogens with zero attached hydrogens (tertiary/aromatic N) is 1. The number of aryl methyl sites for hydroxylation is 3. The van der Waals surface area contributed by atoms with Gasteiger partial charge in [0.1, 0.15) is 18.1 Å². The van der Waals surface area contributed by atoms with Gasteiger partial charge in [0, 0.05) is 5.38 Å². The van der Waals surface area contributed by atoms with E-state index in [1.165, 1.54) is 11.3 Å². The number of hydrazine groups is 1. The van der Waals surface area contributed by atoms with Gasteiger partial charge in [0.05, 0.1) is 11.3 Å².